The first kappa shape index (κ1) is 23.8. The number of nitrogens with zero attached hydrogens (tertiary/aromatic N) is 2. The van der Waals surface area contributed by atoms with Crippen molar-refractivity contribution in [3.05, 3.63) is 95.6 Å². The summed E-state index contributed by atoms with van der Waals surface area (Å²) in [6.45, 7) is 3.89. The molecule has 4 rings (SSSR count). The molecule has 7 nitrogen and oxygen atoms in total. The van der Waals surface area contributed by atoms with Gasteiger partial charge in [-0.1, -0.05) is 42.5 Å². The zero-order valence-electron chi connectivity index (χ0n) is 19.2. The van der Waals surface area contributed by atoms with Gasteiger partial charge in [0.15, 0.2) is 0 Å². The van der Waals surface area contributed by atoms with Gasteiger partial charge in [-0.25, -0.2) is 8.42 Å². The van der Waals surface area contributed by atoms with E-state index in [0.717, 1.165) is 43.1 Å². The first-order valence-corrected chi connectivity index (χ1v) is 13.1. The average molecular weight is 480 g/mol. The topological polar surface area (TPSA) is 79.0 Å². The number of sulfonamides is 1. The Labute approximate surface area is 201 Å². The number of carbonyl (C=O) groups is 1. The SMILES string of the molecule is CS(=O)(=O)N(Cc1ccccc1)c1ccc(C(=O)NCc2ccc(N3CCOCC3)cc2)cc1. The average Bonchev–Trinajstić information content (AvgIpc) is 2.87. The fraction of sp³-hybridized carbons (Fsp3) is 0.269. The molecule has 34 heavy (non-hydrogen) atoms. The lowest BCUT2D eigenvalue weighted by molar-refractivity contribution is 0.0951. The number of carbonyl (C=O) groups excluding carboxylic acids is 1. The summed E-state index contributed by atoms with van der Waals surface area (Å²) in [5.74, 6) is -0.210. The summed E-state index contributed by atoms with van der Waals surface area (Å²) >= 11 is 0. The molecule has 1 aliphatic rings. The van der Waals surface area contributed by atoms with Crippen molar-refractivity contribution in [1.29, 1.82) is 0 Å². The van der Waals surface area contributed by atoms with Crippen LogP contribution in [0.1, 0.15) is 21.5 Å². The van der Waals surface area contributed by atoms with E-state index >= 15 is 0 Å². The van der Waals surface area contributed by atoms with E-state index in [1.807, 2.05) is 42.5 Å². The van der Waals surface area contributed by atoms with Crippen molar-refractivity contribution in [1.82, 2.24) is 5.32 Å². The number of hydrogen-bond donors (Lipinski definition) is 1. The van der Waals surface area contributed by atoms with E-state index in [2.05, 4.69) is 22.3 Å². The maximum atomic E-state index is 12.6. The Kier molecular flexibility index (Phi) is 7.49. The molecule has 1 fully saturated rings. The highest BCUT2D eigenvalue weighted by Gasteiger charge is 2.18. The van der Waals surface area contributed by atoms with Gasteiger partial charge in [0.25, 0.3) is 5.91 Å². The zero-order chi connectivity index (χ0) is 24.0. The van der Waals surface area contributed by atoms with Gasteiger partial charge in [-0.15, -0.1) is 0 Å². The predicted molar refractivity (Wildman–Crippen MR) is 135 cm³/mol. The van der Waals surface area contributed by atoms with Gasteiger partial charge in [-0.3, -0.25) is 9.10 Å². The third-order valence-electron chi connectivity index (χ3n) is 5.75. The molecule has 3 aromatic carbocycles. The number of morpholine rings is 1. The molecule has 0 atom stereocenters. The second kappa shape index (κ2) is 10.7. The summed E-state index contributed by atoms with van der Waals surface area (Å²) in [5.41, 5.74) is 4.03. The van der Waals surface area contributed by atoms with E-state index in [1.54, 1.807) is 24.3 Å². The second-order valence-electron chi connectivity index (χ2n) is 8.25. The smallest absolute Gasteiger partial charge is 0.251 e. The Hall–Kier alpha value is -3.36. The fourth-order valence-electron chi connectivity index (χ4n) is 3.86. The number of anilines is 2. The third kappa shape index (κ3) is 6.15. The van der Waals surface area contributed by atoms with Crippen molar-refractivity contribution in [2.45, 2.75) is 13.1 Å². The largest absolute Gasteiger partial charge is 0.378 e. The molecule has 178 valence electrons. The lowest BCUT2D eigenvalue weighted by Gasteiger charge is -2.28. The highest BCUT2D eigenvalue weighted by Crippen LogP contribution is 2.21. The van der Waals surface area contributed by atoms with Crippen LogP contribution < -0.4 is 14.5 Å². The Balaban J connectivity index is 1.37. The van der Waals surface area contributed by atoms with Gasteiger partial charge < -0.3 is 15.0 Å². The van der Waals surface area contributed by atoms with E-state index < -0.39 is 10.0 Å². The number of amides is 1. The molecular formula is C26H29N3O4S. The van der Waals surface area contributed by atoms with Gasteiger partial charge >= 0.3 is 0 Å². The van der Waals surface area contributed by atoms with Gasteiger partial charge in [0.05, 0.1) is 31.7 Å². The summed E-state index contributed by atoms with van der Waals surface area (Å²) in [7, 11) is -3.48. The number of hydrogen-bond acceptors (Lipinski definition) is 5. The molecule has 0 aliphatic carbocycles. The molecule has 1 N–H and O–H groups in total. The minimum Gasteiger partial charge on any atom is -0.378 e. The maximum absolute atomic E-state index is 12.6. The van der Waals surface area contributed by atoms with Crippen molar-refractivity contribution in [2.75, 3.05) is 41.8 Å². The van der Waals surface area contributed by atoms with E-state index in [1.165, 1.54) is 10.6 Å². The van der Waals surface area contributed by atoms with Crippen LogP contribution in [0, 0.1) is 0 Å². The first-order chi connectivity index (χ1) is 16.4. The normalized spacial score (nSPS) is 14.0. The molecule has 0 unspecified atom stereocenters. The van der Waals surface area contributed by atoms with Crippen molar-refractivity contribution in [3.8, 4) is 0 Å². The van der Waals surface area contributed by atoms with Crippen molar-refractivity contribution >= 4 is 27.3 Å². The van der Waals surface area contributed by atoms with E-state index in [0.29, 0.717) is 17.8 Å². The van der Waals surface area contributed by atoms with Crippen molar-refractivity contribution in [3.63, 3.8) is 0 Å². The molecule has 1 heterocycles. The van der Waals surface area contributed by atoms with Gasteiger partial charge in [0, 0.05) is 30.9 Å². The maximum Gasteiger partial charge on any atom is 0.251 e. The van der Waals surface area contributed by atoms with E-state index in [-0.39, 0.29) is 12.5 Å². The summed E-state index contributed by atoms with van der Waals surface area (Å²) in [6, 6.07) is 24.2. The third-order valence-corrected chi connectivity index (χ3v) is 6.89. The Morgan fingerprint density at radius 2 is 1.56 bits per heavy atom. The minimum atomic E-state index is -3.48. The molecule has 1 amide bonds. The van der Waals surface area contributed by atoms with Crippen LogP contribution in [-0.4, -0.2) is 46.9 Å². The summed E-state index contributed by atoms with van der Waals surface area (Å²) < 4.78 is 31.5. The van der Waals surface area contributed by atoms with Crippen LogP contribution in [0.25, 0.3) is 0 Å². The molecule has 1 aliphatic heterocycles. The van der Waals surface area contributed by atoms with Crippen LogP contribution in [0.4, 0.5) is 11.4 Å². The highest BCUT2D eigenvalue weighted by atomic mass is 32.2. The predicted octanol–water partition coefficient (Wildman–Crippen LogP) is 3.42. The minimum absolute atomic E-state index is 0.210. The Bertz CT molecular complexity index is 1190. The molecule has 0 radical (unpaired) electrons. The quantitative estimate of drug-likeness (QED) is 0.536. The van der Waals surface area contributed by atoms with Gasteiger partial charge in [0.1, 0.15) is 0 Å². The van der Waals surface area contributed by atoms with E-state index in [9.17, 15) is 13.2 Å². The lowest BCUT2D eigenvalue weighted by atomic mass is 10.1. The molecule has 8 heteroatoms. The Morgan fingerprint density at radius 1 is 0.912 bits per heavy atom. The number of benzene rings is 3. The number of ether oxygens (including phenoxy) is 1. The number of rotatable bonds is 8. The number of nitrogens with one attached hydrogen (secondary N) is 1. The summed E-state index contributed by atoms with van der Waals surface area (Å²) in [4.78, 5) is 14.9. The molecule has 0 saturated carbocycles. The van der Waals surface area contributed by atoms with Crippen LogP contribution in [0.3, 0.4) is 0 Å². The van der Waals surface area contributed by atoms with Crippen LogP contribution in [0.15, 0.2) is 78.9 Å². The molecule has 1 saturated heterocycles. The second-order valence-corrected chi connectivity index (χ2v) is 10.2. The van der Waals surface area contributed by atoms with Crippen molar-refractivity contribution < 1.29 is 17.9 Å². The van der Waals surface area contributed by atoms with Gasteiger partial charge in [0.2, 0.25) is 10.0 Å². The van der Waals surface area contributed by atoms with Crippen LogP contribution in [0.5, 0.6) is 0 Å². The fourth-order valence-corrected chi connectivity index (χ4v) is 4.75. The highest BCUT2D eigenvalue weighted by molar-refractivity contribution is 7.92. The van der Waals surface area contributed by atoms with Crippen LogP contribution >= 0.6 is 0 Å². The van der Waals surface area contributed by atoms with Gasteiger partial charge in [-0.2, -0.15) is 0 Å². The summed E-state index contributed by atoms with van der Waals surface area (Å²) in [5, 5.41) is 2.93. The molecule has 3 aromatic rings. The zero-order valence-corrected chi connectivity index (χ0v) is 20.0. The first-order valence-electron chi connectivity index (χ1n) is 11.2. The molecule has 0 aromatic heterocycles. The monoisotopic (exact) mass is 479 g/mol. The van der Waals surface area contributed by atoms with Gasteiger partial charge in [-0.05, 0) is 47.5 Å². The van der Waals surface area contributed by atoms with Crippen LogP contribution in [0.2, 0.25) is 0 Å². The molecular weight excluding hydrogens is 450 g/mol. The summed E-state index contributed by atoms with van der Waals surface area (Å²) in [6.07, 6.45) is 1.18. The standard InChI is InChI=1S/C26H29N3O4S/c1-34(31,32)29(20-22-5-3-2-4-6-22)25-13-9-23(10-14-25)26(30)27-19-21-7-11-24(12-8-21)28-15-17-33-18-16-28/h2-14H,15-20H2,1H3,(H,27,30). The van der Waals surface area contributed by atoms with Crippen molar-refractivity contribution in [2.24, 2.45) is 0 Å². The lowest BCUT2D eigenvalue weighted by Crippen LogP contribution is -2.36. The molecule has 0 bridgehead atoms. The molecule has 0 spiro atoms. The van der Waals surface area contributed by atoms with E-state index in [4.69, 9.17) is 4.74 Å². The Morgan fingerprint density at radius 3 is 2.18 bits per heavy atom. The van der Waals surface area contributed by atoms with Crippen LogP contribution in [-0.2, 0) is 27.8 Å².